The first-order valence-corrected chi connectivity index (χ1v) is 6.94. The minimum Gasteiger partial charge on any atom is -0.372 e. The smallest absolute Gasteiger partial charge is 0.0899 e. The Balaban J connectivity index is 2.66. The van der Waals surface area contributed by atoms with Gasteiger partial charge in [-0.3, -0.25) is 4.68 Å². The number of hydrogen-bond acceptors (Lipinski definition) is 2. The summed E-state index contributed by atoms with van der Waals surface area (Å²) in [4.78, 5) is 0. The molecule has 0 aliphatic rings. The monoisotopic (exact) mass is 336 g/mol. The fraction of sp³-hybridized carbons (Fsp3) is 0.750. The Morgan fingerprint density at radius 3 is 2.69 bits per heavy atom. The Kier molecular flexibility index (Phi) is 5.75. The average molecular weight is 336 g/mol. The molecule has 92 valence electrons. The van der Waals surface area contributed by atoms with Gasteiger partial charge in [-0.1, -0.05) is 20.8 Å². The molecular formula is C12H21IN2O. The van der Waals surface area contributed by atoms with E-state index in [-0.39, 0.29) is 0 Å². The molecule has 0 aliphatic heterocycles. The first kappa shape index (κ1) is 14.0. The molecule has 0 spiro atoms. The van der Waals surface area contributed by atoms with Gasteiger partial charge in [-0.05, 0) is 41.9 Å². The topological polar surface area (TPSA) is 27.1 Å². The molecule has 0 saturated heterocycles. The van der Waals surface area contributed by atoms with Gasteiger partial charge in [0.1, 0.15) is 0 Å². The van der Waals surface area contributed by atoms with Crippen LogP contribution in [0.1, 0.15) is 39.8 Å². The van der Waals surface area contributed by atoms with Gasteiger partial charge in [0.2, 0.25) is 0 Å². The molecule has 1 atom stereocenters. The molecule has 4 heteroatoms. The van der Waals surface area contributed by atoms with Crippen molar-refractivity contribution in [2.75, 3.05) is 0 Å². The molecule has 1 aromatic heterocycles. The van der Waals surface area contributed by atoms with Crippen LogP contribution in [0.25, 0.3) is 0 Å². The van der Waals surface area contributed by atoms with Gasteiger partial charge in [0.25, 0.3) is 0 Å². The molecule has 0 N–H and O–H groups in total. The zero-order chi connectivity index (χ0) is 12.1. The summed E-state index contributed by atoms with van der Waals surface area (Å²) in [7, 11) is 0. The van der Waals surface area contributed by atoms with Crippen molar-refractivity contribution in [1.82, 2.24) is 9.78 Å². The highest BCUT2D eigenvalue weighted by Crippen LogP contribution is 2.15. The molecule has 0 aromatic carbocycles. The van der Waals surface area contributed by atoms with Gasteiger partial charge in [0.05, 0.1) is 28.2 Å². The Morgan fingerprint density at radius 1 is 1.44 bits per heavy atom. The zero-order valence-corrected chi connectivity index (χ0v) is 12.7. The Labute approximate surface area is 112 Å². The normalized spacial score (nSPS) is 13.4. The molecule has 0 radical (unpaired) electrons. The van der Waals surface area contributed by atoms with Crippen molar-refractivity contribution in [2.24, 2.45) is 5.92 Å². The van der Waals surface area contributed by atoms with E-state index in [0.29, 0.717) is 18.6 Å². The fourth-order valence-electron chi connectivity index (χ4n) is 1.37. The van der Waals surface area contributed by atoms with Crippen molar-refractivity contribution in [3.8, 4) is 0 Å². The minimum absolute atomic E-state index is 0.318. The van der Waals surface area contributed by atoms with Gasteiger partial charge < -0.3 is 4.74 Å². The van der Waals surface area contributed by atoms with E-state index in [9.17, 15) is 0 Å². The average Bonchev–Trinajstić information content (AvgIpc) is 2.56. The van der Waals surface area contributed by atoms with Crippen LogP contribution in [-0.2, 0) is 17.9 Å². The summed E-state index contributed by atoms with van der Waals surface area (Å²) in [5.74, 6) is 0.609. The van der Waals surface area contributed by atoms with Gasteiger partial charge in [-0.25, -0.2) is 0 Å². The standard InChI is InChI=1S/C12H21IN2O/c1-5-10(4)16-8-12-11(13)6-14-15(12)7-9(2)3/h6,9-10H,5,7-8H2,1-4H3/t10-/m0/s1. The van der Waals surface area contributed by atoms with Crippen LogP contribution in [0.15, 0.2) is 6.20 Å². The van der Waals surface area contributed by atoms with E-state index in [4.69, 9.17) is 4.74 Å². The molecule has 1 aromatic rings. The lowest BCUT2D eigenvalue weighted by Crippen LogP contribution is -2.14. The predicted octanol–water partition coefficient (Wildman–Crippen LogP) is 3.46. The largest absolute Gasteiger partial charge is 0.372 e. The van der Waals surface area contributed by atoms with Crippen molar-refractivity contribution < 1.29 is 4.74 Å². The molecular weight excluding hydrogens is 315 g/mol. The Bertz CT molecular complexity index is 323. The number of rotatable bonds is 6. The summed E-state index contributed by atoms with van der Waals surface area (Å²) >= 11 is 2.32. The van der Waals surface area contributed by atoms with Crippen LogP contribution in [0.4, 0.5) is 0 Å². The van der Waals surface area contributed by atoms with Crippen molar-refractivity contribution in [3.63, 3.8) is 0 Å². The maximum atomic E-state index is 5.77. The number of nitrogens with zero attached hydrogens (tertiary/aromatic N) is 2. The molecule has 1 rings (SSSR count). The fourth-order valence-corrected chi connectivity index (χ4v) is 1.93. The highest BCUT2D eigenvalue weighted by molar-refractivity contribution is 14.1. The van der Waals surface area contributed by atoms with Crippen molar-refractivity contribution in [2.45, 2.75) is 53.4 Å². The summed E-state index contributed by atoms with van der Waals surface area (Å²) in [6, 6.07) is 0. The molecule has 0 unspecified atom stereocenters. The third kappa shape index (κ3) is 4.05. The van der Waals surface area contributed by atoms with Crippen LogP contribution < -0.4 is 0 Å². The SMILES string of the molecule is CC[C@H](C)OCc1c(I)cnn1CC(C)C. The maximum Gasteiger partial charge on any atom is 0.0899 e. The van der Waals surface area contributed by atoms with Crippen LogP contribution in [-0.4, -0.2) is 15.9 Å². The van der Waals surface area contributed by atoms with Crippen molar-refractivity contribution in [1.29, 1.82) is 0 Å². The molecule has 3 nitrogen and oxygen atoms in total. The van der Waals surface area contributed by atoms with Crippen molar-refractivity contribution >= 4 is 22.6 Å². The lowest BCUT2D eigenvalue weighted by molar-refractivity contribution is 0.0459. The summed E-state index contributed by atoms with van der Waals surface area (Å²) in [6.45, 7) is 10.3. The van der Waals surface area contributed by atoms with E-state index >= 15 is 0 Å². The lowest BCUT2D eigenvalue weighted by Gasteiger charge is -2.13. The number of aromatic nitrogens is 2. The van der Waals surface area contributed by atoms with E-state index in [0.717, 1.165) is 13.0 Å². The predicted molar refractivity (Wildman–Crippen MR) is 74.3 cm³/mol. The number of ether oxygens (including phenoxy) is 1. The maximum absolute atomic E-state index is 5.77. The first-order valence-electron chi connectivity index (χ1n) is 5.86. The van der Waals surface area contributed by atoms with Crippen molar-refractivity contribution in [3.05, 3.63) is 15.5 Å². The first-order chi connectivity index (χ1) is 7.54. The summed E-state index contributed by atoms with van der Waals surface area (Å²) in [5, 5.41) is 4.39. The zero-order valence-electron chi connectivity index (χ0n) is 10.5. The molecule has 0 aliphatic carbocycles. The van der Waals surface area contributed by atoms with Crippen LogP contribution in [0.5, 0.6) is 0 Å². The van der Waals surface area contributed by atoms with Gasteiger partial charge in [-0.15, -0.1) is 0 Å². The Hall–Kier alpha value is -0.100. The van der Waals surface area contributed by atoms with Gasteiger partial charge in [0.15, 0.2) is 0 Å². The third-order valence-corrected chi connectivity index (χ3v) is 3.42. The van der Waals surface area contributed by atoms with Crippen LogP contribution >= 0.6 is 22.6 Å². The minimum atomic E-state index is 0.318. The highest BCUT2D eigenvalue weighted by atomic mass is 127. The molecule has 16 heavy (non-hydrogen) atoms. The third-order valence-electron chi connectivity index (χ3n) is 2.52. The lowest BCUT2D eigenvalue weighted by atomic mass is 10.2. The second-order valence-electron chi connectivity index (χ2n) is 4.55. The van der Waals surface area contributed by atoms with Gasteiger partial charge >= 0.3 is 0 Å². The summed E-state index contributed by atoms with van der Waals surface area (Å²) in [6.07, 6.45) is 3.28. The van der Waals surface area contributed by atoms with E-state index in [2.05, 4.69) is 60.1 Å². The van der Waals surface area contributed by atoms with Crippen LogP contribution in [0.3, 0.4) is 0 Å². The molecule has 1 heterocycles. The second kappa shape index (κ2) is 6.59. The number of halogens is 1. The molecule has 0 fully saturated rings. The number of hydrogen-bond donors (Lipinski definition) is 0. The van der Waals surface area contributed by atoms with Gasteiger partial charge in [-0.2, -0.15) is 5.10 Å². The summed E-state index contributed by atoms with van der Waals surface area (Å²) < 4.78 is 9.03. The second-order valence-corrected chi connectivity index (χ2v) is 5.71. The highest BCUT2D eigenvalue weighted by Gasteiger charge is 2.11. The van der Waals surface area contributed by atoms with E-state index < -0.39 is 0 Å². The van der Waals surface area contributed by atoms with Gasteiger partial charge in [0, 0.05) is 6.54 Å². The summed E-state index contributed by atoms with van der Waals surface area (Å²) in [5.41, 5.74) is 1.20. The van der Waals surface area contributed by atoms with E-state index in [1.54, 1.807) is 0 Å². The Morgan fingerprint density at radius 2 is 2.12 bits per heavy atom. The quantitative estimate of drug-likeness (QED) is 0.744. The molecule has 0 saturated carbocycles. The molecule has 0 bridgehead atoms. The van der Waals surface area contributed by atoms with Crippen LogP contribution in [0, 0.1) is 9.49 Å². The molecule has 0 amide bonds. The van der Waals surface area contributed by atoms with Crippen LogP contribution in [0.2, 0.25) is 0 Å². The van der Waals surface area contributed by atoms with E-state index in [1.165, 1.54) is 9.26 Å². The van der Waals surface area contributed by atoms with E-state index in [1.807, 2.05) is 6.20 Å².